The first-order valence-corrected chi connectivity index (χ1v) is 10.7. The minimum atomic E-state index is -0.695. The molecule has 1 saturated heterocycles. The van der Waals surface area contributed by atoms with Crippen molar-refractivity contribution in [1.29, 1.82) is 0 Å². The van der Waals surface area contributed by atoms with Crippen LogP contribution in [0.1, 0.15) is 24.0 Å². The monoisotopic (exact) mass is 437 g/mol. The number of pyridine rings is 2. The quantitative estimate of drug-likeness (QED) is 0.586. The highest BCUT2D eigenvalue weighted by Gasteiger charge is 2.29. The topological polar surface area (TPSA) is 103 Å². The molecule has 2 N–H and O–H groups in total. The lowest BCUT2D eigenvalue weighted by molar-refractivity contribution is -0.0710. The average Bonchev–Trinajstić information content (AvgIpc) is 2.84. The molecule has 0 radical (unpaired) electrons. The van der Waals surface area contributed by atoms with Gasteiger partial charge in [-0.2, -0.15) is 0 Å². The second-order valence-corrected chi connectivity index (χ2v) is 7.82. The SMILES string of the molecule is COc1ccc2nccc(CC(O)C3CCC(NC(=O)OCc4ccccc4)CO3)c2n1. The molecule has 1 aliphatic rings. The van der Waals surface area contributed by atoms with Gasteiger partial charge < -0.3 is 24.6 Å². The number of rotatable bonds is 7. The number of aromatic nitrogens is 2. The van der Waals surface area contributed by atoms with Crippen molar-refractivity contribution in [3.63, 3.8) is 0 Å². The van der Waals surface area contributed by atoms with Gasteiger partial charge in [0, 0.05) is 18.7 Å². The van der Waals surface area contributed by atoms with Crippen LogP contribution in [0.25, 0.3) is 11.0 Å². The molecule has 1 fully saturated rings. The zero-order valence-electron chi connectivity index (χ0n) is 17.9. The molecule has 4 rings (SSSR count). The number of alkyl carbamates (subject to hydrolysis) is 1. The van der Waals surface area contributed by atoms with E-state index in [2.05, 4.69) is 15.3 Å². The maximum absolute atomic E-state index is 12.1. The van der Waals surface area contributed by atoms with Crippen molar-refractivity contribution in [3.05, 3.63) is 65.9 Å². The van der Waals surface area contributed by atoms with Gasteiger partial charge >= 0.3 is 6.09 Å². The molecular formula is C24H27N3O5. The van der Waals surface area contributed by atoms with E-state index in [1.807, 2.05) is 42.5 Å². The summed E-state index contributed by atoms with van der Waals surface area (Å²) < 4.78 is 16.3. The maximum Gasteiger partial charge on any atom is 0.407 e. The Balaban J connectivity index is 1.27. The highest BCUT2D eigenvalue weighted by molar-refractivity contribution is 5.78. The Labute approximate surface area is 186 Å². The summed E-state index contributed by atoms with van der Waals surface area (Å²) in [6.45, 7) is 0.547. The molecule has 3 aromatic rings. The Morgan fingerprint density at radius 1 is 1.22 bits per heavy atom. The summed E-state index contributed by atoms with van der Waals surface area (Å²) in [5.41, 5.74) is 3.27. The third kappa shape index (κ3) is 5.52. The number of carbonyl (C=O) groups is 1. The van der Waals surface area contributed by atoms with Gasteiger partial charge in [-0.25, -0.2) is 9.78 Å². The number of nitrogens with zero attached hydrogens (tertiary/aromatic N) is 2. The van der Waals surface area contributed by atoms with Crippen LogP contribution in [-0.4, -0.2) is 53.1 Å². The molecule has 1 aromatic carbocycles. The van der Waals surface area contributed by atoms with Crippen LogP contribution in [0.3, 0.4) is 0 Å². The normalized spacial score (nSPS) is 19.3. The number of carbonyl (C=O) groups excluding carboxylic acids is 1. The summed E-state index contributed by atoms with van der Waals surface area (Å²) in [4.78, 5) is 20.9. The number of ether oxygens (including phenoxy) is 3. The number of aliphatic hydroxyl groups is 1. The number of hydrogen-bond donors (Lipinski definition) is 2. The predicted molar refractivity (Wildman–Crippen MR) is 118 cm³/mol. The lowest BCUT2D eigenvalue weighted by atomic mass is 9.96. The first kappa shape index (κ1) is 22.0. The average molecular weight is 437 g/mol. The number of benzene rings is 1. The van der Waals surface area contributed by atoms with Gasteiger partial charge in [0.15, 0.2) is 0 Å². The number of hydrogen-bond acceptors (Lipinski definition) is 7. The van der Waals surface area contributed by atoms with E-state index >= 15 is 0 Å². The van der Waals surface area contributed by atoms with E-state index in [0.717, 1.165) is 16.6 Å². The zero-order valence-corrected chi connectivity index (χ0v) is 17.9. The second-order valence-electron chi connectivity index (χ2n) is 7.82. The van der Waals surface area contributed by atoms with Gasteiger partial charge in [-0.3, -0.25) is 4.98 Å². The molecule has 8 nitrogen and oxygen atoms in total. The molecule has 1 aliphatic heterocycles. The molecule has 0 spiro atoms. The molecule has 32 heavy (non-hydrogen) atoms. The van der Waals surface area contributed by atoms with Crippen molar-refractivity contribution in [2.75, 3.05) is 13.7 Å². The molecule has 0 bridgehead atoms. The molecule has 2 aromatic heterocycles. The molecule has 3 unspecified atom stereocenters. The minimum Gasteiger partial charge on any atom is -0.481 e. The fourth-order valence-corrected chi connectivity index (χ4v) is 3.82. The van der Waals surface area contributed by atoms with E-state index in [4.69, 9.17) is 14.2 Å². The van der Waals surface area contributed by atoms with Crippen LogP contribution in [0.4, 0.5) is 4.79 Å². The highest BCUT2D eigenvalue weighted by Crippen LogP contribution is 2.23. The number of amides is 1. The Morgan fingerprint density at radius 2 is 2.06 bits per heavy atom. The van der Waals surface area contributed by atoms with Crippen LogP contribution in [0.2, 0.25) is 0 Å². The Kier molecular flexibility index (Phi) is 7.14. The summed E-state index contributed by atoms with van der Waals surface area (Å²) in [6.07, 6.45) is 1.95. The van der Waals surface area contributed by atoms with Crippen molar-refractivity contribution in [3.8, 4) is 5.88 Å². The van der Waals surface area contributed by atoms with Gasteiger partial charge in [-0.15, -0.1) is 0 Å². The number of methoxy groups -OCH3 is 1. The summed E-state index contributed by atoms with van der Waals surface area (Å²) in [5.74, 6) is 0.503. The summed E-state index contributed by atoms with van der Waals surface area (Å²) in [7, 11) is 1.57. The Morgan fingerprint density at radius 3 is 2.81 bits per heavy atom. The number of fused-ring (bicyclic) bond motifs is 1. The maximum atomic E-state index is 12.1. The predicted octanol–water partition coefficient (Wildman–Crippen LogP) is 3.02. The first-order chi connectivity index (χ1) is 15.6. The van der Waals surface area contributed by atoms with Crippen molar-refractivity contribution in [2.45, 2.75) is 44.1 Å². The molecule has 3 heterocycles. The Bertz CT molecular complexity index is 1040. The largest absolute Gasteiger partial charge is 0.481 e. The standard InChI is InChI=1S/C24H27N3O5/c1-30-22-10-8-19-23(27-22)17(11-12-25-19)13-20(28)21-9-7-18(15-31-21)26-24(29)32-14-16-5-3-2-4-6-16/h2-6,8,10-12,18,20-21,28H,7,9,13-15H2,1H3,(H,26,29). The van der Waals surface area contributed by atoms with Gasteiger partial charge in [0.1, 0.15) is 6.61 Å². The van der Waals surface area contributed by atoms with Gasteiger partial charge in [-0.05, 0) is 36.1 Å². The zero-order chi connectivity index (χ0) is 22.3. The fourth-order valence-electron chi connectivity index (χ4n) is 3.82. The summed E-state index contributed by atoms with van der Waals surface area (Å²) in [5, 5.41) is 13.6. The van der Waals surface area contributed by atoms with Gasteiger partial charge in [0.05, 0.1) is 43.0 Å². The van der Waals surface area contributed by atoms with E-state index in [1.165, 1.54) is 0 Å². The molecule has 168 valence electrons. The molecular weight excluding hydrogens is 410 g/mol. The Hall–Kier alpha value is -3.23. The van der Waals surface area contributed by atoms with E-state index in [9.17, 15) is 9.90 Å². The minimum absolute atomic E-state index is 0.144. The van der Waals surface area contributed by atoms with Crippen LogP contribution in [-0.2, 0) is 22.5 Å². The number of aliphatic hydroxyl groups excluding tert-OH is 1. The second kappa shape index (κ2) is 10.4. The highest BCUT2D eigenvalue weighted by atomic mass is 16.5. The van der Waals surface area contributed by atoms with Crippen LogP contribution >= 0.6 is 0 Å². The summed E-state index contributed by atoms with van der Waals surface area (Å²) >= 11 is 0. The third-order valence-corrected chi connectivity index (χ3v) is 5.56. The molecule has 8 heteroatoms. The van der Waals surface area contributed by atoms with E-state index < -0.39 is 12.2 Å². The van der Waals surface area contributed by atoms with Crippen molar-refractivity contribution >= 4 is 17.1 Å². The van der Waals surface area contributed by atoms with Crippen molar-refractivity contribution < 1.29 is 24.1 Å². The van der Waals surface area contributed by atoms with Crippen LogP contribution in [0.15, 0.2) is 54.7 Å². The first-order valence-electron chi connectivity index (χ1n) is 10.7. The van der Waals surface area contributed by atoms with Gasteiger partial charge in [0.25, 0.3) is 0 Å². The summed E-state index contributed by atoms with van der Waals surface area (Å²) in [6, 6.07) is 14.8. The lowest BCUT2D eigenvalue weighted by Crippen LogP contribution is -2.46. The molecule has 3 atom stereocenters. The number of nitrogens with one attached hydrogen (secondary N) is 1. The van der Waals surface area contributed by atoms with Crippen LogP contribution < -0.4 is 10.1 Å². The molecule has 0 aliphatic carbocycles. The van der Waals surface area contributed by atoms with E-state index in [-0.39, 0.29) is 18.8 Å². The molecule has 0 saturated carbocycles. The van der Waals surface area contributed by atoms with Crippen LogP contribution in [0.5, 0.6) is 5.88 Å². The molecule has 1 amide bonds. The van der Waals surface area contributed by atoms with E-state index in [1.54, 1.807) is 19.4 Å². The fraction of sp³-hybridized carbons (Fsp3) is 0.375. The van der Waals surface area contributed by atoms with Gasteiger partial charge in [0.2, 0.25) is 5.88 Å². The van der Waals surface area contributed by atoms with E-state index in [0.29, 0.717) is 37.3 Å². The van der Waals surface area contributed by atoms with Crippen molar-refractivity contribution in [1.82, 2.24) is 15.3 Å². The third-order valence-electron chi connectivity index (χ3n) is 5.56. The van der Waals surface area contributed by atoms with Gasteiger partial charge in [-0.1, -0.05) is 30.3 Å². The smallest absolute Gasteiger partial charge is 0.407 e. The van der Waals surface area contributed by atoms with Crippen LogP contribution in [0, 0.1) is 0 Å². The van der Waals surface area contributed by atoms with Crippen molar-refractivity contribution in [2.24, 2.45) is 0 Å². The lowest BCUT2D eigenvalue weighted by Gasteiger charge is -2.32.